The van der Waals surface area contributed by atoms with E-state index in [1.165, 1.54) is 6.08 Å². The number of benzene rings is 2. The average Bonchev–Trinajstić information content (AvgIpc) is 2.62. The van der Waals surface area contributed by atoms with Crippen LogP contribution in [0, 0.1) is 0 Å². The number of hydrogen-bond acceptors (Lipinski definition) is 4. The van der Waals surface area contributed by atoms with E-state index in [-0.39, 0.29) is 18.9 Å². The molecule has 0 spiro atoms. The number of nitrogens with zero attached hydrogens (tertiary/aromatic N) is 3. The minimum Gasteiger partial charge on any atom is -0.489 e. The van der Waals surface area contributed by atoms with Crippen LogP contribution in [0.3, 0.4) is 0 Å². The number of hydrogen-bond donors (Lipinski definition) is 0. The van der Waals surface area contributed by atoms with Gasteiger partial charge in [-0.2, -0.15) is 0 Å². The van der Waals surface area contributed by atoms with Crippen LogP contribution in [0.4, 0.5) is 0 Å². The lowest BCUT2D eigenvalue weighted by molar-refractivity contribution is -0.138. The molecule has 0 unspecified atom stereocenters. The molecule has 0 bridgehead atoms. The lowest BCUT2D eigenvalue weighted by atomic mass is 10.2. The highest BCUT2D eigenvalue weighted by Crippen LogP contribution is 2.26. The molecule has 0 fully saturated rings. The SMILES string of the molecule is CCOC(=O)C(=Cc1ccc(OCc2c(Cl)cccc2Cl)cc1)N=[N+]=[N-]. The molecule has 0 saturated heterocycles. The van der Waals surface area contributed by atoms with Crippen LogP contribution in [0.2, 0.25) is 10.0 Å². The van der Waals surface area contributed by atoms with E-state index < -0.39 is 5.97 Å². The van der Waals surface area contributed by atoms with E-state index >= 15 is 0 Å². The third-order valence-corrected chi connectivity index (χ3v) is 3.97. The molecule has 26 heavy (non-hydrogen) atoms. The van der Waals surface area contributed by atoms with Crippen molar-refractivity contribution in [3.8, 4) is 5.75 Å². The van der Waals surface area contributed by atoms with Crippen LogP contribution in [0.5, 0.6) is 5.75 Å². The molecule has 6 nitrogen and oxygen atoms in total. The molecule has 0 amide bonds. The molecule has 0 saturated carbocycles. The monoisotopic (exact) mass is 391 g/mol. The van der Waals surface area contributed by atoms with Gasteiger partial charge >= 0.3 is 5.97 Å². The van der Waals surface area contributed by atoms with Gasteiger partial charge in [0.25, 0.3) is 0 Å². The number of rotatable bonds is 7. The Morgan fingerprint density at radius 1 is 1.19 bits per heavy atom. The number of carbonyl (C=O) groups is 1. The maximum absolute atomic E-state index is 11.7. The highest BCUT2D eigenvalue weighted by molar-refractivity contribution is 6.35. The van der Waals surface area contributed by atoms with E-state index in [9.17, 15) is 4.79 Å². The first kappa shape index (κ1) is 19.7. The average molecular weight is 392 g/mol. The van der Waals surface area contributed by atoms with Crippen LogP contribution in [-0.4, -0.2) is 12.6 Å². The molecular formula is C18H15Cl2N3O3. The van der Waals surface area contributed by atoms with Crippen molar-refractivity contribution in [2.45, 2.75) is 13.5 Å². The van der Waals surface area contributed by atoms with Crippen molar-refractivity contribution < 1.29 is 14.3 Å². The van der Waals surface area contributed by atoms with Crippen LogP contribution in [-0.2, 0) is 16.1 Å². The number of azide groups is 1. The number of ether oxygens (including phenoxy) is 2. The third kappa shape index (κ3) is 5.43. The van der Waals surface area contributed by atoms with Crippen LogP contribution in [0.25, 0.3) is 16.5 Å². The number of halogens is 2. The molecule has 0 aliphatic heterocycles. The highest BCUT2D eigenvalue weighted by atomic mass is 35.5. The zero-order valence-corrected chi connectivity index (χ0v) is 15.4. The van der Waals surface area contributed by atoms with Gasteiger partial charge in [0.2, 0.25) is 0 Å². The molecule has 134 valence electrons. The summed E-state index contributed by atoms with van der Waals surface area (Å²) in [7, 11) is 0. The first-order chi connectivity index (χ1) is 12.5. The third-order valence-electron chi connectivity index (χ3n) is 3.27. The lowest BCUT2D eigenvalue weighted by Gasteiger charge is -2.09. The maximum Gasteiger partial charge on any atom is 0.340 e. The molecule has 2 aromatic rings. The van der Waals surface area contributed by atoms with E-state index in [1.54, 1.807) is 49.4 Å². The van der Waals surface area contributed by atoms with E-state index in [0.717, 1.165) is 0 Å². The van der Waals surface area contributed by atoms with Crippen molar-refractivity contribution in [3.63, 3.8) is 0 Å². The van der Waals surface area contributed by atoms with Gasteiger partial charge in [-0.1, -0.05) is 46.5 Å². The molecule has 2 aromatic carbocycles. The van der Waals surface area contributed by atoms with Crippen LogP contribution in [0.1, 0.15) is 18.1 Å². The molecule has 0 aliphatic carbocycles. The number of carbonyl (C=O) groups excluding carboxylic acids is 1. The minimum absolute atomic E-state index is 0.120. The Morgan fingerprint density at radius 2 is 1.85 bits per heavy atom. The van der Waals surface area contributed by atoms with Gasteiger partial charge in [-0.25, -0.2) is 4.79 Å². The summed E-state index contributed by atoms with van der Waals surface area (Å²) >= 11 is 12.2. The van der Waals surface area contributed by atoms with Crippen molar-refractivity contribution in [1.29, 1.82) is 0 Å². The van der Waals surface area contributed by atoms with Gasteiger partial charge in [-0.05, 0) is 48.4 Å². The van der Waals surface area contributed by atoms with Crippen LogP contribution < -0.4 is 4.74 Å². The number of esters is 1. The summed E-state index contributed by atoms with van der Waals surface area (Å²) in [4.78, 5) is 14.4. The molecule has 0 N–H and O–H groups in total. The van der Waals surface area contributed by atoms with E-state index in [0.29, 0.717) is 26.9 Å². The fraction of sp³-hybridized carbons (Fsp3) is 0.167. The first-order valence-corrected chi connectivity index (χ1v) is 8.40. The predicted octanol–water partition coefficient (Wildman–Crippen LogP) is 5.79. The quantitative estimate of drug-likeness (QED) is 0.197. The fourth-order valence-corrected chi connectivity index (χ4v) is 2.53. The van der Waals surface area contributed by atoms with Gasteiger partial charge in [0.05, 0.1) is 6.61 Å². The van der Waals surface area contributed by atoms with Gasteiger partial charge < -0.3 is 9.47 Å². The molecule has 8 heteroatoms. The van der Waals surface area contributed by atoms with Crippen molar-refractivity contribution in [2.75, 3.05) is 6.61 Å². The molecule has 0 aromatic heterocycles. The Bertz CT molecular complexity index is 840. The van der Waals surface area contributed by atoms with Gasteiger partial charge in [-0.15, -0.1) is 0 Å². The van der Waals surface area contributed by atoms with E-state index in [4.69, 9.17) is 38.2 Å². The molecule has 0 atom stereocenters. The largest absolute Gasteiger partial charge is 0.489 e. The van der Waals surface area contributed by atoms with Crippen molar-refractivity contribution in [1.82, 2.24) is 0 Å². The second-order valence-electron chi connectivity index (χ2n) is 5.00. The minimum atomic E-state index is -0.681. The maximum atomic E-state index is 11.7. The molecule has 0 heterocycles. The Balaban J connectivity index is 2.11. The first-order valence-electron chi connectivity index (χ1n) is 7.64. The van der Waals surface area contributed by atoms with Gasteiger partial charge in [0, 0.05) is 20.5 Å². The van der Waals surface area contributed by atoms with E-state index in [1.807, 2.05) is 0 Å². The predicted molar refractivity (Wildman–Crippen MR) is 101 cm³/mol. The summed E-state index contributed by atoms with van der Waals surface area (Å²) < 4.78 is 10.5. The standard InChI is InChI=1S/C18H15Cl2N3O3/c1-2-25-18(24)17(22-23-21)10-12-6-8-13(9-7-12)26-11-14-15(19)4-3-5-16(14)20/h3-10H,2,11H2,1H3. The Kier molecular flexibility index (Phi) is 7.36. The topological polar surface area (TPSA) is 84.3 Å². The summed E-state index contributed by atoms with van der Waals surface area (Å²) in [5, 5.41) is 4.43. The second kappa shape index (κ2) is 9.73. The Hall–Kier alpha value is -2.66. The van der Waals surface area contributed by atoms with Crippen molar-refractivity contribution in [3.05, 3.63) is 79.8 Å². The summed E-state index contributed by atoms with van der Waals surface area (Å²) in [5.74, 6) is -0.0846. The zero-order chi connectivity index (χ0) is 18.9. The molecule has 0 radical (unpaired) electrons. The van der Waals surface area contributed by atoms with Gasteiger partial charge in [-0.3, -0.25) is 0 Å². The normalized spacial score (nSPS) is 10.8. The Morgan fingerprint density at radius 3 is 2.42 bits per heavy atom. The molecule has 2 rings (SSSR count). The van der Waals surface area contributed by atoms with Crippen molar-refractivity contribution >= 4 is 35.2 Å². The highest BCUT2D eigenvalue weighted by Gasteiger charge is 2.09. The second-order valence-corrected chi connectivity index (χ2v) is 5.81. The zero-order valence-electron chi connectivity index (χ0n) is 13.9. The van der Waals surface area contributed by atoms with Gasteiger partial charge in [0.15, 0.2) is 0 Å². The summed E-state index contributed by atoms with van der Waals surface area (Å²) in [6.45, 7) is 2.08. The van der Waals surface area contributed by atoms with Crippen molar-refractivity contribution in [2.24, 2.45) is 5.11 Å². The molecule has 0 aliphatic rings. The Labute approximate surface area is 160 Å². The fourth-order valence-electron chi connectivity index (χ4n) is 2.03. The smallest absolute Gasteiger partial charge is 0.340 e. The lowest BCUT2D eigenvalue weighted by Crippen LogP contribution is -2.05. The molecular weight excluding hydrogens is 377 g/mol. The summed E-state index contributed by atoms with van der Waals surface area (Å²) in [6, 6.07) is 12.1. The van der Waals surface area contributed by atoms with Crippen LogP contribution in [0.15, 0.2) is 53.3 Å². The van der Waals surface area contributed by atoms with Crippen LogP contribution >= 0.6 is 23.2 Å². The summed E-state index contributed by atoms with van der Waals surface area (Å²) in [6.07, 6.45) is 1.44. The van der Waals surface area contributed by atoms with E-state index in [2.05, 4.69) is 10.0 Å². The van der Waals surface area contributed by atoms with Gasteiger partial charge in [0.1, 0.15) is 18.1 Å². The summed E-state index contributed by atoms with van der Waals surface area (Å²) in [5.41, 5.74) is 9.81.